The topological polar surface area (TPSA) is 80.9 Å². The van der Waals surface area contributed by atoms with E-state index in [1.165, 1.54) is 29.8 Å². The number of thiophene rings is 1. The van der Waals surface area contributed by atoms with Gasteiger partial charge >= 0.3 is 6.18 Å². The van der Waals surface area contributed by atoms with Crippen LogP contribution in [0.15, 0.2) is 54.2 Å². The maximum atomic E-state index is 12.9. The first-order valence-electron chi connectivity index (χ1n) is 9.47. The number of aromatic nitrogens is 2. The van der Waals surface area contributed by atoms with Crippen LogP contribution in [0.3, 0.4) is 0 Å². The Morgan fingerprint density at radius 3 is 2.66 bits per heavy atom. The van der Waals surface area contributed by atoms with Crippen LogP contribution in [-0.4, -0.2) is 15.9 Å². The van der Waals surface area contributed by atoms with E-state index >= 15 is 0 Å². The molecule has 2 aromatic heterocycles. The van der Waals surface area contributed by atoms with Crippen molar-refractivity contribution in [3.63, 3.8) is 0 Å². The van der Waals surface area contributed by atoms with E-state index in [9.17, 15) is 18.0 Å². The Labute approximate surface area is 185 Å². The Kier molecular flexibility index (Phi) is 5.67. The summed E-state index contributed by atoms with van der Waals surface area (Å²) in [6.45, 7) is 1.90. The highest BCUT2D eigenvalue weighted by atomic mass is 32.1. The number of nitrogens with one attached hydrogen (secondary N) is 1. The highest BCUT2D eigenvalue weighted by Gasteiger charge is 2.30. The molecule has 0 saturated carbocycles. The molecule has 2 heterocycles. The van der Waals surface area contributed by atoms with Gasteiger partial charge in [-0.3, -0.25) is 4.79 Å². The number of nitrogen functional groups attached to an aromatic ring is 1. The zero-order chi connectivity index (χ0) is 22.9. The number of amides is 1. The van der Waals surface area contributed by atoms with Crippen LogP contribution in [0.25, 0.3) is 22.4 Å². The summed E-state index contributed by atoms with van der Waals surface area (Å²) in [6, 6.07) is 9.63. The smallest absolute Gasteiger partial charge is 0.382 e. The second-order valence-corrected chi connectivity index (χ2v) is 7.94. The summed E-state index contributed by atoms with van der Waals surface area (Å²) in [5.41, 5.74) is 8.80. The molecule has 0 aliphatic heterocycles. The number of carbonyl (C=O) groups is 1. The zero-order valence-electron chi connectivity index (χ0n) is 16.8. The maximum Gasteiger partial charge on any atom is 0.416 e. The average Bonchev–Trinajstić information content (AvgIpc) is 3.17. The number of nitrogens with two attached hydrogens (primary N) is 1. The van der Waals surface area contributed by atoms with Gasteiger partial charge in [0.15, 0.2) is 0 Å². The number of halogens is 3. The molecule has 4 aromatic rings. The number of hydrogen-bond acceptors (Lipinski definition) is 5. The first-order chi connectivity index (χ1) is 15.2. The Bertz CT molecular complexity index is 1340. The molecule has 0 unspecified atom stereocenters. The number of nitrogens with zero attached hydrogens (tertiary/aromatic N) is 2. The van der Waals surface area contributed by atoms with Gasteiger partial charge in [0.25, 0.3) is 5.91 Å². The van der Waals surface area contributed by atoms with E-state index in [1.807, 2.05) is 24.5 Å². The third-order valence-electron chi connectivity index (χ3n) is 4.84. The molecule has 0 radical (unpaired) electrons. The van der Waals surface area contributed by atoms with E-state index < -0.39 is 17.6 Å². The molecule has 0 saturated heterocycles. The molecule has 0 spiro atoms. The van der Waals surface area contributed by atoms with E-state index in [4.69, 9.17) is 5.73 Å². The molecule has 5 nitrogen and oxygen atoms in total. The third-order valence-corrected chi connectivity index (χ3v) is 5.85. The molecule has 2 aromatic carbocycles. The summed E-state index contributed by atoms with van der Waals surface area (Å²) in [7, 11) is 0. The summed E-state index contributed by atoms with van der Waals surface area (Å²) >= 11 is 1.45. The van der Waals surface area contributed by atoms with Gasteiger partial charge in [-0.1, -0.05) is 24.3 Å². The van der Waals surface area contributed by atoms with Crippen LogP contribution in [0, 0.1) is 6.92 Å². The van der Waals surface area contributed by atoms with Gasteiger partial charge in [0, 0.05) is 22.2 Å². The Morgan fingerprint density at radius 1 is 1.09 bits per heavy atom. The van der Waals surface area contributed by atoms with Gasteiger partial charge in [-0.15, -0.1) is 11.3 Å². The van der Waals surface area contributed by atoms with Crippen molar-refractivity contribution in [1.82, 2.24) is 9.97 Å². The van der Waals surface area contributed by atoms with E-state index in [-0.39, 0.29) is 5.69 Å². The van der Waals surface area contributed by atoms with Crippen LogP contribution in [0.1, 0.15) is 32.6 Å². The van der Waals surface area contributed by atoms with Crippen molar-refractivity contribution in [2.45, 2.75) is 13.1 Å². The van der Waals surface area contributed by atoms with Gasteiger partial charge in [0.1, 0.15) is 12.1 Å². The number of rotatable bonds is 4. The fourth-order valence-corrected chi connectivity index (χ4v) is 4.01. The fraction of sp³-hybridized carbons (Fsp3) is 0.0870. The van der Waals surface area contributed by atoms with Crippen molar-refractivity contribution in [3.05, 3.63) is 82.0 Å². The second kappa shape index (κ2) is 8.43. The molecule has 32 heavy (non-hydrogen) atoms. The maximum absolute atomic E-state index is 12.9. The van der Waals surface area contributed by atoms with Crippen LogP contribution in [0.5, 0.6) is 0 Å². The number of anilines is 2. The lowest BCUT2D eigenvalue weighted by molar-refractivity contribution is -0.137. The van der Waals surface area contributed by atoms with Gasteiger partial charge in [0.05, 0.1) is 15.8 Å². The van der Waals surface area contributed by atoms with Crippen molar-refractivity contribution in [3.8, 4) is 0 Å². The summed E-state index contributed by atoms with van der Waals surface area (Å²) in [5, 5.41) is 4.45. The number of aryl methyl sites for hydroxylation is 1. The summed E-state index contributed by atoms with van der Waals surface area (Å²) in [5.74, 6) is -0.0791. The Hall–Kier alpha value is -3.72. The van der Waals surface area contributed by atoms with E-state index in [0.717, 1.165) is 39.0 Å². The predicted molar refractivity (Wildman–Crippen MR) is 121 cm³/mol. The molecule has 0 atom stereocenters. The minimum atomic E-state index is -4.48. The lowest BCUT2D eigenvalue weighted by Crippen LogP contribution is -2.13. The molecule has 9 heteroatoms. The number of alkyl halides is 3. The minimum absolute atomic E-state index is 0.0736. The minimum Gasteiger partial charge on any atom is -0.382 e. The van der Waals surface area contributed by atoms with E-state index in [1.54, 1.807) is 18.2 Å². The van der Waals surface area contributed by atoms with E-state index in [2.05, 4.69) is 15.3 Å². The second-order valence-electron chi connectivity index (χ2n) is 7.07. The highest BCUT2D eigenvalue weighted by Crippen LogP contribution is 2.31. The fourth-order valence-electron chi connectivity index (χ4n) is 3.12. The van der Waals surface area contributed by atoms with Crippen molar-refractivity contribution in [1.29, 1.82) is 0 Å². The van der Waals surface area contributed by atoms with Crippen molar-refractivity contribution in [2.24, 2.45) is 0 Å². The monoisotopic (exact) mass is 454 g/mol. The molecule has 162 valence electrons. The quantitative estimate of drug-likeness (QED) is 0.395. The summed E-state index contributed by atoms with van der Waals surface area (Å²) in [6.07, 6.45) is 0.661. The van der Waals surface area contributed by atoms with Gasteiger partial charge in [-0.05, 0) is 48.4 Å². The average molecular weight is 454 g/mol. The normalized spacial score (nSPS) is 11.9. The van der Waals surface area contributed by atoms with Gasteiger partial charge in [-0.25, -0.2) is 9.97 Å². The molecule has 0 fully saturated rings. The molecule has 4 rings (SSSR count). The lowest BCUT2D eigenvalue weighted by Gasteiger charge is -2.10. The predicted octanol–water partition coefficient (Wildman–Crippen LogP) is 6.02. The number of hydrogen-bond donors (Lipinski definition) is 2. The highest BCUT2D eigenvalue weighted by molar-refractivity contribution is 7.18. The molecule has 1 amide bonds. The number of benzene rings is 2. The van der Waals surface area contributed by atoms with Gasteiger partial charge in [0.2, 0.25) is 0 Å². The van der Waals surface area contributed by atoms with Gasteiger partial charge in [-0.2, -0.15) is 13.2 Å². The third kappa shape index (κ3) is 4.47. The van der Waals surface area contributed by atoms with Crippen molar-refractivity contribution >= 4 is 51.1 Å². The standard InChI is InChI=1S/C23H17F3N4OS/c1-13-5-6-15(22(31)30-18-4-2-3-17(10-18)23(24,25)26)9-14(13)7-8-16-11-32-20-19(16)28-12-29-21(20)27/h2-12H,1H3,(H,30,31)(H2,27,28,29)/b8-7+. The van der Waals surface area contributed by atoms with Crippen LogP contribution in [-0.2, 0) is 6.18 Å². The lowest BCUT2D eigenvalue weighted by atomic mass is 10.0. The largest absolute Gasteiger partial charge is 0.416 e. The van der Waals surface area contributed by atoms with Crippen LogP contribution in [0.2, 0.25) is 0 Å². The Balaban J connectivity index is 1.58. The summed E-state index contributed by atoms with van der Waals surface area (Å²) in [4.78, 5) is 20.9. The Morgan fingerprint density at radius 2 is 1.88 bits per heavy atom. The van der Waals surface area contributed by atoms with Crippen LogP contribution < -0.4 is 11.1 Å². The van der Waals surface area contributed by atoms with Crippen molar-refractivity contribution in [2.75, 3.05) is 11.1 Å². The number of fused-ring (bicyclic) bond motifs is 1. The van der Waals surface area contributed by atoms with E-state index in [0.29, 0.717) is 11.4 Å². The summed E-state index contributed by atoms with van der Waals surface area (Å²) < 4.78 is 39.5. The van der Waals surface area contributed by atoms with Crippen LogP contribution >= 0.6 is 11.3 Å². The van der Waals surface area contributed by atoms with Crippen molar-refractivity contribution < 1.29 is 18.0 Å². The van der Waals surface area contributed by atoms with Gasteiger partial charge < -0.3 is 11.1 Å². The molecular weight excluding hydrogens is 437 g/mol. The molecule has 3 N–H and O–H groups in total. The number of carbonyl (C=O) groups excluding carboxylic acids is 1. The molecule has 0 aliphatic carbocycles. The molecule has 0 aliphatic rings. The molecular formula is C23H17F3N4OS. The first kappa shape index (κ1) is 21.5. The van der Waals surface area contributed by atoms with Crippen LogP contribution in [0.4, 0.5) is 24.7 Å². The zero-order valence-corrected chi connectivity index (χ0v) is 17.6. The first-order valence-corrected chi connectivity index (χ1v) is 10.4. The molecule has 0 bridgehead atoms. The SMILES string of the molecule is Cc1ccc(C(=O)Nc2cccc(C(F)(F)F)c2)cc1/C=C/c1csc2c(N)ncnc12.